The zero-order valence-corrected chi connectivity index (χ0v) is 14.5. The number of rotatable bonds is 4. The third-order valence-electron chi connectivity index (χ3n) is 4.10. The SMILES string of the molecule is CN(C)c1cc(NC2CCN(c3cccc(Cl)c3C#N)C2)ncn1. The molecule has 0 saturated carbocycles. The lowest BCUT2D eigenvalue weighted by Gasteiger charge is -2.21. The summed E-state index contributed by atoms with van der Waals surface area (Å²) in [5, 5.41) is 13.3. The molecule has 2 aromatic rings. The zero-order chi connectivity index (χ0) is 17.1. The summed E-state index contributed by atoms with van der Waals surface area (Å²) in [7, 11) is 3.90. The molecule has 1 aliphatic heterocycles. The molecule has 6 nitrogen and oxygen atoms in total. The minimum atomic E-state index is 0.264. The minimum Gasteiger partial charge on any atom is -0.368 e. The molecule has 1 unspecified atom stereocenters. The minimum absolute atomic E-state index is 0.264. The lowest BCUT2D eigenvalue weighted by Crippen LogP contribution is -2.27. The monoisotopic (exact) mass is 342 g/mol. The smallest absolute Gasteiger partial charge is 0.133 e. The van der Waals surface area contributed by atoms with Crippen LogP contribution in [0.25, 0.3) is 0 Å². The van der Waals surface area contributed by atoms with Gasteiger partial charge in [0.15, 0.2) is 0 Å². The van der Waals surface area contributed by atoms with Gasteiger partial charge in [-0.2, -0.15) is 5.26 Å². The van der Waals surface area contributed by atoms with Crippen LogP contribution in [0.2, 0.25) is 5.02 Å². The maximum absolute atomic E-state index is 9.34. The van der Waals surface area contributed by atoms with Crippen LogP contribution in [0.4, 0.5) is 17.3 Å². The average Bonchev–Trinajstić information content (AvgIpc) is 3.03. The molecule has 124 valence electrons. The standard InChI is InChI=1S/C17H19ClN6/c1-23(2)17-8-16(20-11-21-17)22-12-6-7-24(10-12)15-5-3-4-14(18)13(15)9-19/h3-5,8,11-12H,6-7,10H2,1-2H3,(H,20,21,22). The van der Waals surface area contributed by atoms with E-state index in [4.69, 9.17) is 11.6 Å². The topological polar surface area (TPSA) is 68.1 Å². The summed E-state index contributed by atoms with van der Waals surface area (Å²) in [6.45, 7) is 1.68. The number of anilines is 3. The van der Waals surface area contributed by atoms with Gasteiger partial charge in [0.1, 0.15) is 24.0 Å². The van der Waals surface area contributed by atoms with E-state index in [-0.39, 0.29) is 6.04 Å². The molecular weight excluding hydrogens is 324 g/mol. The highest BCUT2D eigenvalue weighted by Gasteiger charge is 2.25. The summed E-state index contributed by atoms with van der Waals surface area (Å²) in [5.74, 6) is 1.68. The number of benzene rings is 1. The van der Waals surface area contributed by atoms with E-state index in [1.165, 1.54) is 0 Å². The third-order valence-corrected chi connectivity index (χ3v) is 4.41. The molecule has 3 rings (SSSR count). The van der Waals surface area contributed by atoms with Gasteiger partial charge in [0.05, 0.1) is 16.3 Å². The Hall–Kier alpha value is -2.52. The summed E-state index contributed by atoms with van der Waals surface area (Å²) < 4.78 is 0. The summed E-state index contributed by atoms with van der Waals surface area (Å²) in [6, 6.07) is 9.98. The lowest BCUT2D eigenvalue weighted by atomic mass is 10.2. The first-order valence-corrected chi connectivity index (χ1v) is 8.15. The van der Waals surface area contributed by atoms with Crippen LogP contribution >= 0.6 is 11.6 Å². The van der Waals surface area contributed by atoms with Crippen LogP contribution in [-0.2, 0) is 0 Å². The molecule has 1 fully saturated rings. The molecule has 0 radical (unpaired) electrons. The van der Waals surface area contributed by atoms with E-state index in [0.717, 1.165) is 36.8 Å². The molecule has 1 aromatic heterocycles. The van der Waals surface area contributed by atoms with E-state index in [1.807, 2.05) is 37.2 Å². The summed E-state index contributed by atoms with van der Waals surface area (Å²) in [5.41, 5.74) is 1.43. The van der Waals surface area contributed by atoms with Crippen LogP contribution in [0.15, 0.2) is 30.6 Å². The Morgan fingerprint density at radius 1 is 1.38 bits per heavy atom. The van der Waals surface area contributed by atoms with Gasteiger partial charge < -0.3 is 15.1 Å². The fraction of sp³-hybridized carbons (Fsp3) is 0.353. The van der Waals surface area contributed by atoms with E-state index in [2.05, 4.69) is 26.3 Å². The number of nitrogens with zero attached hydrogens (tertiary/aromatic N) is 5. The second kappa shape index (κ2) is 6.93. The lowest BCUT2D eigenvalue weighted by molar-refractivity contribution is 0.799. The van der Waals surface area contributed by atoms with Gasteiger partial charge in [-0.05, 0) is 18.6 Å². The molecule has 1 N–H and O–H groups in total. The number of nitrogens with one attached hydrogen (secondary N) is 1. The van der Waals surface area contributed by atoms with E-state index >= 15 is 0 Å². The average molecular weight is 343 g/mol. The van der Waals surface area contributed by atoms with Crippen LogP contribution in [0.5, 0.6) is 0 Å². The Labute approximate surface area is 146 Å². The van der Waals surface area contributed by atoms with Crippen molar-refractivity contribution in [3.05, 3.63) is 41.2 Å². The second-order valence-corrected chi connectivity index (χ2v) is 6.38. The van der Waals surface area contributed by atoms with Gasteiger partial charge >= 0.3 is 0 Å². The van der Waals surface area contributed by atoms with E-state index in [0.29, 0.717) is 10.6 Å². The fourth-order valence-electron chi connectivity index (χ4n) is 2.86. The largest absolute Gasteiger partial charge is 0.368 e. The van der Waals surface area contributed by atoms with Gasteiger partial charge in [0, 0.05) is 39.3 Å². The first kappa shape index (κ1) is 16.3. The quantitative estimate of drug-likeness (QED) is 0.921. The second-order valence-electron chi connectivity index (χ2n) is 5.98. The number of nitriles is 1. The van der Waals surface area contributed by atoms with Gasteiger partial charge in [-0.15, -0.1) is 0 Å². The zero-order valence-electron chi connectivity index (χ0n) is 13.7. The van der Waals surface area contributed by atoms with E-state index < -0.39 is 0 Å². The van der Waals surface area contributed by atoms with Gasteiger partial charge in [-0.1, -0.05) is 17.7 Å². The van der Waals surface area contributed by atoms with Crippen molar-refractivity contribution in [1.29, 1.82) is 5.26 Å². The summed E-state index contributed by atoms with van der Waals surface area (Å²) in [6.07, 6.45) is 2.54. The molecule has 1 saturated heterocycles. The molecule has 1 aliphatic rings. The molecular formula is C17H19ClN6. The Morgan fingerprint density at radius 3 is 2.96 bits per heavy atom. The Kier molecular flexibility index (Phi) is 4.72. The normalized spacial score (nSPS) is 16.8. The fourth-order valence-corrected chi connectivity index (χ4v) is 3.08. The number of aromatic nitrogens is 2. The van der Waals surface area contributed by atoms with E-state index in [1.54, 1.807) is 12.4 Å². The molecule has 0 amide bonds. The molecule has 24 heavy (non-hydrogen) atoms. The van der Waals surface area contributed by atoms with Gasteiger partial charge in [-0.25, -0.2) is 9.97 Å². The van der Waals surface area contributed by atoms with Crippen molar-refractivity contribution >= 4 is 28.9 Å². The van der Waals surface area contributed by atoms with Crippen molar-refractivity contribution in [3.63, 3.8) is 0 Å². The van der Waals surface area contributed by atoms with Crippen LogP contribution < -0.4 is 15.1 Å². The van der Waals surface area contributed by atoms with Crippen molar-refractivity contribution in [1.82, 2.24) is 9.97 Å². The molecule has 1 aromatic carbocycles. The first-order valence-electron chi connectivity index (χ1n) is 7.78. The number of halogens is 1. The number of hydrogen-bond acceptors (Lipinski definition) is 6. The van der Waals surface area contributed by atoms with Crippen molar-refractivity contribution in [3.8, 4) is 6.07 Å². The highest BCUT2D eigenvalue weighted by Crippen LogP contribution is 2.30. The summed E-state index contributed by atoms with van der Waals surface area (Å²) >= 11 is 6.13. The van der Waals surface area contributed by atoms with Crippen molar-refractivity contribution in [2.75, 3.05) is 42.3 Å². The van der Waals surface area contributed by atoms with Gasteiger partial charge in [0.2, 0.25) is 0 Å². The summed E-state index contributed by atoms with van der Waals surface area (Å²) in [4.78, 5) is 12.6. The Bertz CT molecular complexity index is 770. The van der Waals surface area contributed by atoms with Gasteiger partial charge in [-0.3, -0.25) is 0 Å². The molecule has 2 heterocycles. The van der Waals surface area contributed by atoms with Crippen molar-refractivity contribution in [2.45, 2.75) is 12.5 Å². The maximum Gasteiger partial charge on any atom is 0.133 e. The van der Waals surface area contributed by atoms with Crippen LogP contribution in [0, 0.1) is 11.3 Å². The molecule has 1 atom stereocenters. The predicted molar refractivity (Wildman–Crippen MR) is 96.8 cm³/mol. The molecule has 0 spiro atoms. The molecule has 0 aliphatic carbocycles. The first-order chi connectivity index (χ1) is 11.6. The highest BCUT2D eigenvalue weighted by atomic mass is 35.5. The predicted octanol–water partition coefficient (Wildman–Crippen LogP) is 2.76. The van der Waals surface area contributed by atoms with Crippen LogP contribution in [0.3, 0.4) is 0 Å². The number of hydrogen-bond donors (Lipinski definition) is 1. The van der Waals surface area contributed by atoms with Crippen LogP contribution in [-0.4, -0.2) is 43.2 Å². The van der Waals surface area contributed by atoms with Crippen LogP contribution in [0.1, 0.15) is 12.0 Å². The Balaban J connectivity index is 1.71. The highest BCUT2D eigenvalue weighted by molar-refractivity contribution is 6.32. The molecule has 7 heteroatoms. The third kappa shape index (κ3) is 3.36. The van der Waals surface area contributed by atoms with Crippen molar-refractivity contribution < 1.29 is 0 Å². The van der Waals surface area contributed by atoms with Crippen molar-refractivity contribution in [2.24, 2.45) is 0 Å². The van der Waals surface area contributed by atoms with Gasteiger partial charge in [0.25, 0.3) is 0 Å². The maximum atomic E-state index is 9.34. The molecule has 0 bridgehead atoms. The van der Waals surface area contributed by atoms with E-state index in [9.17, 15) is 5.26 Å². The Morgan fingerprint density at radius 2 is 2.21 bits per heavy atom.